The monoisotopic (exact) mass is 560 g/mol. The van der Waals surface area contributed by atoms with Crippen LogP contribution in [0.1, 0.15) is 10.9 Å². The molecule has 31 heavy (non-hydrogen) atoms. The van der Waals surface area contributed by atoms with Crippen LogP contribution in [0, 0.1) is 10.1 Å². The molecule has 1 aromatic carbocycles. The zero-order valence-electron chi connectivity index (χ0n) is 17.5. The molecule has 1 unspecified atom stereocenters. The number of rotatable bonds is 9. The van der Waals surface area contributed by atoms with Crippen LogP contribution in [0.5, 0.6) is 0 Å². The maximum absolute atomic E-state index is 11.1. The summed E-state index contributed by atoms with van der Waals surface area (Å²) in [6.07, 6.45) is 0. The van der Waals surface area contributed by atoms with Gasteiger partial charge in [-0.05, 0) is 17.5 Å². The molecule has 1 saturated heterocycles. The van der Waals surface area contributed by atoms with E-state index in [2.05, 4.69) is 43.4 Å². The number of hydrogen-bond donors (Lipinski definition) is 3. The first-order valence-electron chi connectivity index (χ1n) is 9.96. The molecule has 0 saturated carbocycles. The number of ether oxygens (including phenoxy) is 1. The van der Waals surface area contributed by atoms with Gasteiger partial charge in [0.15, 0.2) is 5.96 Å². The van der Waals surface area contributed by atoms with E-state index >= 15 is 0 Å². The predicted molar refractivity (Wildman–Crippen MR) is 136 cm³/mol. The second-order valence-corrected chi connectivity index (χ2v) is 7.74. The maximum atomic E-state index is 11.1. The average molecular weight is 560 g/mol. The number of thiophene rings is 1. The molecule has 0 amide bonds. The Hall–Kier alpha value is -1.96. The van der Waals surface area contributed by atoms with Gasteiger partial charge in [-0.3, -0.25) is 20.0 Å². The number of nitro groups is 1. The lowest BCUT2D eigenvalue weighted by atomic mass is 10.2. The predicted octanol–water partition coefficient (Wildman–Crippen LogP) is 2.92. The Kier molecular flexibility index (Phi) is 11.0. The fourth-order valence-corrected chi connectivity index (χ4v) is 4.21. The normalized spacial score (nSPS) is 15.6. The zero-order valence-corrected chi connectivity index (χ0v) is 20.6. The zero-order chi connectivity index (χ0) is 21.2. The topological polar surface area (TPSA) is 104 Å². The van der Waals surface area contributed by atoms with Gasteiger partial charge in [-0.2, -0.15) is 0 Å². The van der Waals surface area contributed by atoms with Crippen LogP contribution < -0.4 is 16.0 Å². The molecule has 1 fully saturated rings. The van der Waals surface area contributed by atoms with Crippen molar-refractivity contribution in [1.82, 2.24) is 15.5 Å². The fraction of sp³-hybridized carbons (Fsp3) is 0.450. The molecule has 1 aromatic heterocycles. The van der Waals surface area contributed by atoms with E-state index in [0.717, 1.165) is 32.8 Å². The third-order valence-corrected chi connectivity index (χ3v) is 5.85. The number of aliphatic imine (C=N–C) groups is 1. The van der Waals surface area contributed by atoms with Gasteiger partial charge >= 0.3 is 0 Å². The van der Waals surface area contributed by atoms with Gasteiger partial charge in [-0.1, -0.05) is 18.2 Å². The van der Waals surface area contributed by atoms with Crippen molar-refractivity contribution in [3.8, 4) is 0 Å². The third kappa shape index (κ3) is 7.59. The average Bonchev–Trinajstić information content (AvgIpc) is 3.31. The molecule has 0 spiro atoms. The summed E-state index contributed by atoms with van der Waals surface area (Å²) in [7, 11) is 1.74. The van der Waals surface area contributed by atoms with Gasteiger partial charge in [-0.15, -0.1) is 35.3 Å². The van der Waals surface area contributed by atoms with Crippen LogP contribution in [0.25, 0.3) is 0 Å². The SMILES string of the molecule is CN=C(NCCNc1ccccc1[N+](=O)[O-])NCC(c1cccs1)N1CCOCC1.I. The first-order chi connectivity index (χ1) is 14.7. The Bertz CT molecular complexity index is 830. The highest BCUT2D eigenvalue weighted by atomic mass is 127. The summed E-state index contributed by atoms with van der Waals surface area (Å²) in [6.45, 7) is 5.18. The number of morpholine rings is 1. The molecule has 2 heterocycles. The summed E-state index contributed by atoms with van der Waals surface area (Å²) in [5.74, 6) is 0.703. The molecule has 0 aliphatic carbocycles. The highest BCUT2D eigenvalue weighted by Crippen LogP contribution is 2.25. The summed E-state index contributed by atoms with van der Waals surface area (Å²) >= 11 is 1.76. The summed E-state index contributed by atoms with van der Waals surface area (Å²) in [4.78, 5) is 18.8. The van der Waals surface area contributed by atoms with Gasteiger partial charge in [0.2, 0.25) is 0 Å². The van der Waals surface area contributed by atoms with Crippen LogP contribution in [0.4, 0.5) is 11.4 Å². The number of hydrogen-bond acceptors (Lipinski definition) is 7. The molecule has 170 valence electrons. The van der Waals surface area contributed by atoms with Crippen LogP contribution in [0.15, 0.2) is 46.8 Å². The number of nitro benzene ring substituents is 1. The number of anilines is 1. The van der Waals surface area contributed by atoms with E-state index in [-0.39, 0.29) is 40.6 Å². The van der Waals surface area contributed by atoms with E-state index < -0.39 is 0 Å². The Morgan fingerprint density at radius 1 is 1.23 bits per heavy atom. The Morgan fingerprint density at radius 3 is 2.68 bits per heavy atom. The minimum Gasteiger partial charge on any atom is -0.379 e. The van der Waals surface area contributed by atoms with Gasteiger partial charge < -0.3 is 20.7 Å². The van der Waals surface area contributed by atoms with E-state index in [9.17, 15) is 10.1 Å². The highest BCUT2D eigenvalue weighted by Gasteiger charge is 2.23. The molecular weight excluding hydrogens is 531 g/mol. The largest absolute Gasteiger partial charge is 0.379 e. The van der Waals surface area contributed by atoms with Gasteiger partial charge in [0.25, 0.3) is 5.69 Å². The van der Waals surface area contributed by atoms with Crippen molar-refractivity contribution in [2.45, 2.75) is 6.04 Å². The number of halogens is 1. The van der Waals surface area contributed by atoms with Gasteiger partial charge in [0.05, 0.1) is 24.2 Å². The standard InChI is InChI=1S/C20H28N6O3S.HI/c1-21-20(23-9-8-22-16-5-2-3-6-17(16)26(27)28)24-15-18(19-7-4-14-30-19)25-10-12-29-13-11-25;/h2-7,14,18,22H,8-13,15H2,1H3,(H2,21,23,24);1H. The summed E-state index contributed by atoms with van der Waals surface area (Å²) < 4.78 is 5.50. The molecule has 1 aliphatic heterocycles. The first kappa shape index (κ1) is 25.3. The van der Waals surface area contributed by atoms with E-state index in [1.165, 1.54) is 10.9 Å². The molecule has 9 nitrogen and oxygen atoms in total. The van der Waals surface area contributed by atoms with Crippen molar-refractivity contribution in [2.24, 2.45) is 4.99 Å². The molecule has 0 radical (unpaired) electrons. The van der Waals surface area contributed by atoms with E-state index in [0.29, 0.717) is 24.7 Å². The van der Waals surface area contributed by atoms with Gasteiger partial charge in [0.1, 0.15) is 5.69 Å². The quantitative estimate of drug-likeness (QED) is 0.108. The Labute approximate surface area is 203 Å². The summed E-state index contributed by atoms with van der Waals surface area (Å²) in [5.41, 5.74) is 0.585. The number of para-hydroxylation sites is 2. The molecule has 2 aromatic rings. The van der Waals surface area contributed by atoms with Crippen LogP contribution >= 0.6 is 35.3 Å². The number of benzene rings is 1. The lowest BCUT2D eigenvalue weighted by Gasteiger charge is -2.34. The van der Waals surface area contributed by atoms with Crippen molar-refractivity contribution in [3.05, 3.63) is 56.8 Å². The van der Waals surface area contributed by atoms with Gasteiger partial charge in [0, 0.05) is 50.7 Å². The van der Waals surface area contributed by atoms with Crippen LogP contribution in [-0.2, 0) is 4.74 Å². The molecule has 11 heteroatoms. The second kappa shape index (κ2) is 13.5. The molecule has 1 atom stereocenters. The third-order valence-electron chi connectivity index (χ3n) is 4.88. The minimum absolute atomic E-state index is 0. The van der Waals surface area contributed by atoms with Crippen molar-refractivity contribution < 1.29 is 9.66 Å². The van der Waals surface area contributed by atoms with Crippen LogP contribution in [0.2, 0.25) is 0 Å². The van der Waals surface area contributed by atoms with Gasteiger partial charge in [-0.25, -0.2) is 0 Å². The highest BCUT2D eigenvalue weighted by molar-refractivity contribution is 14.0. The van der Waals surface area contributed by atoms with Crippen molar-refractivity contribution in [3.63, 3.8) is 0 Å². The maximum Gasteiger partial charge on any atom is 0.292 e. The summed E-state index contributed by atoms with van der Waals surface area (Å²) in [5, 5.41) is 23.0. The van der Waals surface area contributed by atoms with Crippen LogP contribution in [-0.4, -0.2) is 68.8 Å². The number of guanidine groups is 1. The number of nitrogens with one attached hydrogen (secondary N) is 3. The lowest BCUT2D eigenvalue weighted by Crippen LogP contribution is -2.46. The van der Waals surface area contributed by atoms with E-state index in [4.69, 9.17) is 4.74 Å². The second-order valence-electron chi connectivity index (χ2n) is 6.76. The van der Waals surface area contributed by atoms with Crippen molar-refractivity contribution >= 4 is 52.6 Å². The molecule has 1 aliphatic rings. The Balaban J connectivity index is 0.00000341. The summed E-state index contributed by atoms with van der Waals surface area (Å²) in [6, 6.07) is 11.1. The number of nitrogens with zero attached hydrogens (tertiary/aromatic N) is 3. The molecule has 0 bridgehead atoms. The lowest BCUT2D eigenvalue weighted by molar-refractivity contribution is -0.384. The molecule has 3 rings (SSSR count). The minimum atomic E-state index is -0.382. The van der Waals surface area contributed by atoms with Crippen LogP contribution in [0.3, 0.4) is 0 Å². The molecule has 3 N–H and O–H groups in total. The Morgan fingerprint density at radius 2 is 2.00 bits per heavy atom. The van der Waals surface area contributed by atoms with Crippen molar-refractivity contribution in [1.29, 1.82) is 0 Å². The fourth-order valence-electron chi connectivity index (χ4n) is 3.35. The first-order valence-corrected chi connectivity index (χ1v) is 10.8. The smallest absolute Gasteiger partial charge is 0.292 e. The van der Waals surface area contributed by atoms with Crippen molar-refractivity contribution in [2.75, 3.05) is 58.3 Å². The van der Waals surface area contributed by atoms with E-state index in [1.807, 2.05) is 0 Å². The molecular formula is C20H29IN6O3S. The van der Waals surface area contributed by atoms with E-state index in [1.54, 1.807) is 36.6 Å².